The normalized spacial score (nSPS) is 9.50. The van der Waals surface area contributed by atoms with Gasteiger partial charge in [-0.3, -0.25) is 4.57 Å². The second-order valence-electron chi connectivity index (χ2n) is 3.30. The first kappa shape index (κ1) is 11.4. The summed E-state index contributed by atoms with van der Waals surface area (Å²) in [5, 5.41) is 17.9. The zero-order valence-electron chi connectivity index (χ0n) is 9.45. The van der Waals surface area contributed by atoms with Gasteiger partial charge in [0.1, 0.15) is 18.5 Å². The number of ether oxygens (including phenoxy) is 1. The fourth-order valence-electron chi connectivity index (χ4n) is 1.45. The summed E-state index contributed by atoms with van der Waals surface area (Å²) in [4.78, 5) is 7.95. The van der Waals surface area contributed by atoms with Crippen molar-refractivity contribution in [1.82, 2.24) is 14.5 Å². The minimum atomic E-state index is 0.0292. The van der Waals surface area contributed by atoms with Gasteiger partial charge in [0.25, 0.3) is 0 Å². The maximum absolute atomic E-state index is 9.04. The van der Waals surface area contributed by atoms with E-state index in [1.807, 2.05) is 12.1 Å². The molecule has 0 spiro atoms. The molecule has 0 atom stereocenters. The Balaban J connectivity index is 2.67. The molecule has 0 aromatic carbocycles. The largest absolute Gasteiger partial charge is 0.481 e. The highest BCUT2D eigenvalue weighted by atomic mass is 16.5. The summed E-state index contributed by atoms with van der Waals surface area (Å²) in [5.41, 5.74) is 6.26. The van der Waals surface area contributed by atoms with Gasteiger partial charge in [0, 0.05) is 6.07 Å². The number of nitrogens with zero attached hydrogens (tertiary/aromatic N) is 5. The van der Waals surface area contributed by atoms with Crippen LogP contribution in [0, 0.1) is 22.7 Å². The Kier molecular flexibility index (Phi) is 2.82. The highest BCUT2D eigenvalue weighted by molar-refractivity contribution is 5.57. The number of aromatic nitrogens is 3. The number of nitrogens with two attached hydrogens (primary N) is 1. The lowest BCUT2D eigenvalue weighted by Crippen LogP contribution is -2.05. The summed E-state index contributed by atoms with van der Waals surface area (Å²) in [6.45, 7) is 0. The lowest BCUT2D eigenvalue weighted by atomic mass is 10.3. The summed E-state index contributed by atoms with van der Waals surface area (Å²) in [7, 11) is 1.47. The second-order valence-corrected chi connectivity index (χ2v) is 3.30. The first-order chi connectivity index (χ1) is 8.71. The van der Waals surface area contributed by atoms with Crippen LogP contribution in [0.25, 0.3) is 5.82 Å². The highest BCUT2D eigenvalue weighted by Crippen LogP contribution is 2.21. The molecule has 7 nitrogen and oxygen atoms in total. The first-order valence-corrected chi connectivity index (χ1v) is 4.89. The van der Waals surface area contributed by atoms with E-state index < -0.39 is 0 Å². The van der Waals surface area contributed by atoms with Crippen LogP contribution in [0.2, 0.25) is 0 Å². The molecule has 0 fully saturated rings. The quantitative estimate of drug-likeness (QED) is 0.822. The van der Waals surface area contributed by atoms with Gasteiger partial charge < -0.3 is 10.5 Å². The number of rotatable bonds is 2. The summed E-state index contributed by atoms with van der Waals surface area (Å²) in [6.07, 6.45) is 1.33. The Morgan fingerprint density at radius 1 is 1.33 bits per heavy atom. The number of nitriles is 2. The van der Waals surface area contributed by atoms with Crippen LogP contribution < -0.4 is 10.5 Å². The number of imidazole rings is 1. The molecule has 2 aromatic heterocycles. The lowest BCUT2D eigenvalue weighted by molar-refractivity contribution is 0.397. The van der Waals surface area contributed by atoms with E-state index in [0.717, 1.165) is 0 Å². The zero-order chi connectivity index (χ0) is 13.1. The van der Waals surface area contributed by atoms with Gasteiger partial charge in [0.05, 0.1) is 12.8 Å². The predicted octanol–water partition coefficient (Wildman–Crippen LogP) is 0.601. The van der Waals surface area contributed by atoms with Gasteiger partial charge in [-0.25, -0.2) is 4.98 Å². The molecule has 18 heavy (non-hydrogen) atoms. The molecular formula is C11H8N6O. The number of hydrogen-bond acceptors (Lipinski definition) is 6. The maximum Gasteiger partial charge on any atom is 0.215 e. The van der Waals surface area contributed by atoms with Crippen LogP contribution in [0.3, 0.4) is 0 Å². The van der Waals surface area contributed by atoms with Crippen molar-refractivity contribution < 1.29 is 4.74 Å². The van der Waals surface area contributed by atoms with E-state index >= 15 is 0 Å². The van der Waals surface area contributed by atoms with Crippen LogP contribution in [0.15, 0.2) is 18.5 Å². The summed E-state index contributed by atoms with van der Waals surface area (Å²) in [5.74, 6) is 0.662. The molecule has 88 valence electrons. The molecule has 2 N–H and O–H groups in total. The molecular weight excluding hydrogens is 232 g/mol. The van der Waals surface area contributed by atoms with E-state index in [4.69, 9.17) is 21.0 Å². The molecule has 0 radical (unpaired) electrons. The van der Waals surface area contributed by atoms with Gasteiger partial charge in [0.15, 0.2) is 17.2 Å². The minimum absolute atomic E-state index is 0.0292. The molecule has 0 saturated heterocycles. The van der Waals surface area contributed by atoms with E-state index in [0.29, 0.717) is 17.4 Å². The number of nitrogen functional groups attached to an aromatic ring is 1. The highest BCUT2D eigenvalue weighted by Gasteiger charge is 2.15. The average molecular weight is 240 g/mol. The van der Waals surface area contributed by atoms with Gasteiger partial charge in [-0.05, 0) is 6.07 Å². The van der Waals surface area contributed by atoms with E-state index in [1.54, 1.807) is 12.1 Å². The SMILES string of the molecule is COc1ccc(N)c(-n2cnc(C#N)c2C#N)n1. The summed E-state index contributed by atoms with van der Waals surface area (Å²) >= 11 is 0. The van der Waals surface area contributed by atoms with Crippen molar-refractivity contribution in [2.75, 3.05) is 12.8 Å². The lowest BCUT2D eigenvalue weighted by Gasteiger charge is -2.07. The van der Waals surface area contributed by atoms with Crippen molar-refractivity contribution in [3.05, 3.63) is 29.8 Å². The maximum atomic E-state index is 9.04. The van der Waals surface area contributed by atoms with E-state index in [-0.39, 0.29) is 11.4 Å². The van der Waals surface area contributed by atoms with Crippen molar-refractivity contribution in [3.8, 4) is 23.8 Å². The van der Waals surface area contributed by atoms with Crippen LogP contribution >= 0.6 is 0 Å². The molecule has 0 unspecified atom stereocenters. The number of anilines is 1. The Hall–Kier alpha value is -3.06. The van der Waals surface area contributed by atoms with Gasteiger partial charge in [-0.1, -0.05) is 0 Å². The number of hydrogen-bond donors (Lipinski definition) is 1. The molecule has 2 aromatic rings. The van der Waals surface area contributed by atoms with Crippen molar-refractivity contribution in [3.63, 3.8) is 0 Å². The predicted molar refractivity (Wildman–Crippen MR) is 61.8 cm³/mol. The van der Waals surface area contributed by atoms with Gasteiger partial charge in [-0.15, -0.1) is 0 Å². The standard InChI is InChI=1S/C11H8N6O/c1-18-10-3-2-7(14)11(16-10)17-6-15-8(4-12)9(17)5-13/h2-3,6H,14H2,1H3. The third kappa shape index (κ3) is 1.70. The third-order valence-corrected chi connectivity index (χ3v) is 2.30. The van der Waals surface area contributed by atoms with Crippen molar-refractivity contribution in [1.29, 1.82) is 10.5 Å². The molecule has 0 saturated carbocycles. The van der Waals surface area contributed by atoms with Crippen molar-refractivity contribution in [2.24, 2.45) is 0 Å². The third-order valence-electron chi connectivity index (χ3n) is 2.30. The van der Waals surface area contributed by atoms with Crippen molar-refractivity contribution in [2.45, 2.75) is 0 Å². The van der Waals surface area contributed by atoms with E-state index in [2.05, 4.69) is 9.97 Å². The monoisotopic (exact) mass is 240 g/mol. The first-order valence-electron chi connectivity index (χ1n) is 4.89. The smallest absolute Gasteiger partial charge is 0.215 e. The van der Waals surface area contributed by atoms with Gasteiger partial charge in [-0.2, -0.15) is 15.5 Å². The van der Waals surface area contributed by atoms with Crippen LogP contribution in [-0.2, 0) is 0 Å². The zero-order valence-corrected chi connectivity index (χ0v) is 9.45. The molecule has 0 aliphatic heterocycles. The number of methoxy groups -OCH3 is 1. The Bertz CT molecular complexity index is 676. The molecule has 7 heteroatoms. The molecule has 2 heterocycles. The molecule has 0 bridgehead atoms. The molecule has 0 aliphatic rings. The molecule has 0 amide bonds. The Morgan fingerprint density at radius 3 is 2.72 bits per heavy atom. The van der Waals surface area contributed by atoms with Crippen LogP contribution in [0.4, 0.5) is 5.69 Å². The van der Waals surface area contributed by atoms with Crippen LogP contribution in [0.5, 0.6) is 5.88 Å². The molecule has 0 aliphatic carbocycles. The number of pyridine rings is 1. The molecule has 2 rings (SSSR count). The van der Waals surface area contributed by atoms with Crippen LogP contribution in [-0.4, -0.2) is 21.6 Å². The topological polar surface area (TPSA) is 114 Å². The van der Waals surface area contributed by atoms with Crippen molar-refractivity contribution >= 4 is 5.69 Å². The fourth-order valence-corrected chi connectivity index (χ4v) is 1.45. The van der Waals surface area contributed by atoms with E-state index in [9.17, 15) is 0 Å². The summed E-state index contributed by atoms with van der Waals surface area (Å²) < 4.78 is 6.35. The van der Waals surface area contributed by atoms with E-state index in [1.165, 1.54) is 18.0 Å². The average Bonchev–Trinajstić information content (AvgIpc) is 2.82. The minimum Gasteiger partial charge on any atom is -0.481 e. The Labute approximate surface area is 103 Å². The second kappa shape index (κ2) is 4.44. The summed E-state index contributed by atoms with van der Waals surface area (Å²) in [6, 6.07) is 6.94. The van der Waals surface area contributed by atoms with Gasteiger partial charge >= 0.3 is 0 Å². The van der Waals surface area contributed by atoms with Gasteiger partial charge in [0.2, 0.25) is 5.88 Å². The van der Waals surface area contributed by atoms with Crippen LogP contribution in [0.1, 0.15) is 11.4 Å². The Morgan fingerprint density at radius 2 is 2.11 bits per heavy atom. The fraction of sp³-hybridized carbons (Fsp3) is 0.0909.